The van der Waals surface area contributed by atoms with Gasteiger partial charge in [0, 0.05) is 49.7 Å². The van der Waals surface area contributed by atoms with Gasteiger partial charge in [0.2, 0.25) is 5.91 Å². The molecule has 2 saturated heterocycles. The number of nitrogens with one attached hydrogen (secondary N) is 3. The summed E-state index contributed by atoms with van der Waals surface area (Å²) in [6.45, 7) is 2.83. The lowest BCUT2D eigenvalue weighted by atomic mass is 9.74. The molecule has 0 spiro atoms. The molecule has 5 unspecified atom stereocenters. The van der Waals surface area contributed by atoms with Crippen LogP contribution in [-0.2, 0) is 11.3 Å². The van der Waals surface area contributed by atoms with Crippen LogP contribution in [0.4, 0.5) is 0 Å². The SMILES string of the molecule is O=C(NC1CCCCN(Cc2ccccn2)C1)C1CCC2NNC(c3ccncc3)C2C1. The van der Waals surface area contributed by atoms with Gasteiger partial charge in [-0.2, -0.15) is 0 Å². The van der Waals surface area contributed by atoms with E-state index in [1.165, 1.54) is 12.0 Å². The number of nitrogens with zero attached hydrogens (tertiary/aromatic N) is 3. The molecule has 1 amide bonds. The molecule has 2 aliphatic heterocycles. The van der Waals surface area contributed by atoms with Crippen LogP contribution in [0.15, 0.2) is 48.9 Å². The summed E-state index contributed by atoms with van der Waals surface area (Å²) in [6, 6.07) is 11.1. The van der Waals surface area contributed by atoms with Crippen molar-refractivity contribution < 1.29 is 4.79 Å². The number of carbonyl (C=O) groups is 1. The molecule has 7 nitrogen and oxygen atoms in total. The van der Waals surface area contributed by atoms with Crippen molar-refractivity contribution >= 4 is 5.91 Å². The minimum Gasteiger partial charge on any atom is -0.352 e. The summed E-state index contributed by atoms with van der Waals surface area (Å²) >= 11 is 0. The fraction of sp³-hybridized carbons (Fsp3) is 0.560. The number of hydrogen-bond acceptors (Lipinski definition) is 6. The highest BCUT2D eigenvalue weighted by Gasteiger charge is 2.42. The summed E-state index contributed by atoms with van der Waals surface area (Å²) in [5.74, 6) is 0.764. The molecule has 2 aromatic heterocycles. The Labute approximate surface area is 190 Å². The number of aromatic nitrogens is 2. The van der Waals surface area contributed by atoms with Crippen LogP contribution < -0.4 is 16.2 Å². The second-order valence-corrected chi connectivity index (χ2v) is 9.58. The van der Waals surface area contributed by atoms with Gasteiger partial charge in [-0.05, 0) is 74.4 Å². The zero-order valence-electron chi connectivity index (χ0n) is 18.6. The van der Waals surface area contributed by atoms with Crippen molar-refractivity contribution in [3.05, 3.63) is 60.2 Å². The number of hydrazine groups is 1. The maximum Gasteiger partial charge on any atom is 0.223 e. The Hall–Kier alpha value is -2.35. The minimum atomic E-state index is 0.0924. The van der Waals surface area contributed by atoms with Crippen molar-refractivity contribution in [2.45, 2.75) is 63.2 Å². The summed E-state index contributed by atoms with van der Waals surface area (Å²) in [7, 11) is 0. The highest BCUT2D eigenvalue weighted by Crippen LogP contribution is 2.40. The molecular weight excluding hydrogens is 400 g/mol. The smallest absolute Gasteiger partial charge is 0.223 e. The Kier molecular flexibility index (Phi) is 6.76. The van der Waals surface area contributed by atoms with Crippen LogP contribution in [0.1, 0.15) is 55.8 Å². The predicted molar refractivity (Wildman–Crippen MR) is 123 cm³/mol. The number of hydrogen-bond donors (Lipinski definition) is 3. The summed E-state index contributed by atoms with van der Waals surface area (Å²) < 4.78 is 0. The lowest BCUT2D eigenvalue weighted by Gasteiger charge is -2.33. The van der Waals surface area contributed by atoms with E-state index in [1.807, 2.05) is 30.7 Å². The molecule has 2 aromatic rings. The Balaban J connectivity index is 1.19. The number of amides is 1. The average molecular weight is 435 g/mol. The van der Waals surface area contributed by atoms with Crippen molar-refractivity contribution in [3.8, 4) is 0 Å². The van der Waals surface area contributed by atoms with Crippen LogP contribution in [0.25, 0.3) is 0 Å². The van der Waals surface area contributed by atoms with Crippen molar-refractivity contribution in [2.75, 3.05) is 13.1 Å². The molecule has 32 heavy (non-hydrogen) atoms. The molecule has 3 N–H and O–H groups in total. The first kappa shape index (κ1) is 21.5. The lowest BCUT2D eigenvalue weighted by Crippen LogP contribution is -2.47. The van der Waals surface area contributed by atoms with E-state index >= 15 is 0 Å². The maximum atomic E-state index is 13.3. The van der Waals surface area contributed by atoms with Crippen molar-refractivity contribution in [3.63, 3.8) is 0 Å². The maximum absolute atomic E-state index is 13.3. The molecule has 4 heterocycles. The third-order valence-corrected chi connectivity index (χ3v) is 7.40. The Morgan fingerprint density at radius 2 is 1.97 bits per heavy atom. The average Bonchev–Trinajstić information content (AvgIpc) is 3.14. The van der Waals surface area contributed by atoms with E-state index in [1.54, 1.807) is 0 Å². The third-order valence-electron chi connectivity index (χ3n) is 7.40. The summed E-state index contributed by atoms with van der Waals surface area (Å²) in [4.78, 5) is 24.4. The van der Waals surface area contributed by atoms with E-state index in [2.05, 4.69) is 49.2 Å². The van der Waals surface area contributed by atoms with Gasteiger partial charge in [0.1, 0.15) is 0 Å². The van der Waals surface area contributed by atoms with Gasteiger partial charge in [0.25, 0.3) is 0 Å². The molecule has 7 heteroatoms. The monoisotopic (exact) mass is 434 g/mol. The number of carbonyl (C=O) groups excluding carboxylic acids is 1. The van der Waals surface area contributed by atoms with Gasteiger partial charge in [-0.3, -0.25) is 25.1 Å². The molecule has 0 radical (unpaired) electrons. The Morgan fingerprint density at radius 3 is 2.81 bits per heavy atom. The molecule has 5 atom stereocenters. The molecule has 3 aliphatic rings. The molecule has 170 valence electrons. The first-order valence-corrected chi connectivity index (χ1v) is 12.1. The zero-order valence-corrected chi connectivity index (χ0v) is 18.6. The van der Waals surface area contributed by atoms with Crippen LogP contribution in [-0.4, -0.2) is 45.9 Å². The quantitative estimate of drug-likeness (QED) is 0.671. The first-order valence-electron chi connectivity index (χ1n) is 12.1. The van der Waals surface area contributed by atoms with Gasteiger partial charge in [0.05, 0.1) is 11.7 Å². The van der Waals surface area contributed by atoms with E-state index in [-0.39, 0.29) is 23.9 Å². The van der Waals surface area contributed by atoms with Gasteiger partial charge in [-0.25, -0.2) is 5.43 Å². The van der Waals surface area contributed by atoms with Crippen molar-refractivity contribution in [2.24, 2.45) is 11.8 Å². The molecular formula is C25H34N6O. The standard InChI is InChI=1S/C25H34N6O/c32-25(28-21-6-2-4-14-31(17-21)16-20-5-1-3-11-27-20)19-7-8-23-22(15-19)24(30-29-23)18-9-12-26-13-10-18/h1,3,5,9-13,19,21-24,29-30H,2,4,6-8,14-17H2,(H,28,32). The van der Waals surface area contributed by atoms with E-state index < -0.39 is 0 Å². The molecule has 0 aromatic carbocycles. The van der Waals surface area contributed by atoms with Gasteiger partial charge in [0.15, 0.2) is 0 Å². The summed E-state index contributed by atoms with van der Waals surface area (Å²) in [6.07, 6.45) is 11.9. The van der Waals surface area contributed by atoms with Crippen LogP contribution in [0, 0.1) is 11.8 Å². The number of pyridine rings is 2. The van der Waals surface area contributed by atoms with E-state index in [0.29, 0.717) is 12.0 Å². The van der Waals surface area contributed by atoms with Crippen molar-refractivity contribution in [1.29, 1.82) is 0 Å². The van der Waals surface area contributed by atoms with Crippen molar-refractivity contribution in [1.82, 2.24) is 31.0 Å². The normalized spacial score (nSPS) is 30.9. The molecule has 1 saturated carbocycles. The molecule has 0 bridgehead atoms. The third kappa shape index (κ3) is 5.00. The number of fused-ring (bicyclic) bond motifs is 1. The van der Waals surface area contributed by atoms with Gasteiger partial charge < -0.3 is 5.32 Å². The highest BCUT2D eigenvalue weighted by molar-refractivity contribution is 5.79. The summed E-state index contributed by atoms with van der Waals surface area (Å²) in [5.41, 5.74) is 9.29. The zero-order chi connectivity index (χ0) is 21.8. The summed E-state index contributed by atoms with van der Waals surface area (Å²) in [5, 5.41) is 3.43. The Bertz CT molecular complexity index is 879. The number of likely N-dealkylation sites (tertiary alicyclic amines) is 1. The second kappa shape index (κ2) is 10.1. The van der Waals surface area contributed by atoms with Gasteiger partial charge in [-0.15, -0.1) is 0 Å². The fourth-order valence-electron chi connectivity index (χ4n) is 5.72. The lowest BCUT2D eigenvalue weighted by molar-refractivity contribution is -0.127. The molecule has 1 aliphatic carbocycles. The molecule has 3 fully saturated rings. The van der Waals surface area contributed by atoms with Crippen LogP contribution in [0.5, 0.6) is 0 Å². The topological polar surface area (TPSA) is 82.2 Å². The van der Waals surface area contributed by atoms with E-state index in [4.69, 9.17) is 0 Å². The fourth-order valence-corrected chi connectivity index (χ4v) is 5.72. The highest BCUT2D eigenvalue weighted by atomic mass is 16.2. The van der Waals surface area contributed by atoms with Gasteiger partial charge in [-0.1, -0.05) is 12.5 Å². The first-order chi connectivity index (χ1) is 15.8. The number of rotatable bonds is 5. The predicted octanol–water partition coefficient (Wildman–Crippen LogP) is 2.58. The van der Waals surface area contributed by atoms with Crippen LogP contribution in [0.3, 0.4) is 0 Å². The minimum absolute atomic E-state index is 0.0924. The van der Waals surface area contributed by atoms with E-state index in [9.17, 15) is 4.79 Å². The van der Waals surface area contributed by atoms with E-state index in [0.717, 1.165) is 57.4 Å². The van der Waals surface area contributed by atoms with Crippen LogP contribution >= 0.6 is 0 Å². The van der Waals surface area contributed by atoms with Gasteiger partial charge >= 0.3 is 0 Å². The molecule has 5 rings (SSSR count). The second-order valence-electron chi connectivity index (χ2n) is 9.58. The Morgan fingerprint density at radius 1 is 1.06 bits per heavy atom. The largest absolute Gasteiger partial charge is 0.352 e. The van der Waals surface area contributed by atoms with Crippen LogP contribution in [0.2, 0.25) is 0 Å².